The van der Waals surface area contributed by atoms with E-state index in [4.69, 9.17) is 0 Å². The van der Waals surface area contributed by atoms with Gasteiger partial charge in [0.05, 0.1) is 8.45 Å². The van der Waals surface area contributed by atoms with Crippen LogP contribution < -0.4 is 5.32 Å². The molecular formula is C15H21IN2OS. The van der Waals surface area contributed by atoms with E-state index in [0.717, 1.165) is 31.4 Å². The number of carbonyl (C=O) groups excluding carboxylic acids is 1. The molecule has 0 aromatic carbocycles. The number of amides is 1. The summed E-state index contributed by atoms with van der Waals surface area (Å²) in [7, 11) is 0. The molecule has 3 nitrogen and oxygen atoms in total. The minimum absolute atomic E-state index is 0.234. The zero-order valence-electron chi connectivity index (χ0n) is 11.8. The van der Waals surface area contributed by atoms with E-state index in [-0.39, 0.29) is 5.91 Å². The van der Waals surface area contributed by atoms with Crippen molar-refractivity contribution >= 4 is 39.8 Å². The molecule has 2 bridgehead atoms. The zero-order valence-corrected chi connectivity index (χ0v) is 14.7. The lowest BCUT2D eigenvalue weighted by Gasteiger charge is -2.37. The van der Waals surface area contributed by atoms with Crippen LogP contribution in [0.2, 0.25) is 0 Å². The fraction of sp³-hybridized carbons (Fsp3) is 0.667. The largest absolute Gasteiger partial charge is 0.336 e. The summed E-state index contributed by atoms with van der Waals surface area (Å²) in [5, 5.41) is 5.67. The van der Waals surface area contributed by atoms with Crippen LogP contribution in [0.15, 0.2) is 11.4 Å². The Morgan fingerprint density at radius 1 is 1.45 bits per heavy atom. The monoisotopic (exact) mass is 404 g/mol. The zero-order chi connectivity index (χ0) is 14.1. The number of thiophene rings is 1. The summed E-state index contributed by atoms with van der Waals surface area (Å²) < 4.78 is 1.19. The smallest absolute Gasteiger partial charge is 0.254 e. The van der Waals surface area contributed by atoms with Gasteiger partial charge in [-0.3, -0.25) is 4.79 Å². The van der Waals surface area contributed by atoms with Crippen molar-refractivity contribution in [2.24, 2.45) is 0 Å². The predicted octanol–water partition coefficient (Wildman–Crippen LogP) is 3.49. The fourth-order valence-corrected chi connectivity index (χ4v) is 4.88. The van der Waals surface area contributed by atoms with Gasteiger partial charge in [-0.25, -0.2) is 0 Å². The molecule has 3 rings (SSSR count). The van der Waals surface area contributed by atoms with Gasteiger partial charge in [-0.1, -0.05) is 6.92 Å². The molecule has 1 amide bonds. The number of halogens is 1. The molecule has 0 saturated carbocycles. The van der Waals surface area contributed by atoms with Gasteiger partial charge in [-0.2, -0.15) is 0 Å². The molecule has 3 heterocycles. The summed E-state index contributed by atoms with van der Waals surface area (Å²) >= 11 is 3.94. The van der Waals surface area contributed by atoms with Crippen LogP contribution in [0.25, 0.3) is 0 Å². The number of fused-ring (bicyclic) bond motifs is 2. The molecule has 1 aromatic heterocycles. The standard InChI is InChI=1S/C15H21IN2OS/c1-2-5-18(15(19)10-6-14(16)20-9-10)13-7-11-3-4-12(8-13)17-11/h6,9,11-13,17H,2-5,7-8H2,1H3. The van der Waals surface area contributed by atoms with Crippen LogP contribution in [0.3, 0.4) is 0 Å². The van der Waals surface area contributed by atoms with Gasteiger partial charge in [0.25, 0.3) is 5.91 Å². The maximum Gasteiger partial charge on any atom is 0.254 e. The third-order valence-electron chi connectivity index (χ3n) is 4.43. The highest BCUT2D eigenvalue weighted by Crippen LogP contribution is 2.31. The molecule has 2 unspecified atom stereocenters. The van der Waals surface area contributed by atoms with Gasteiger partial charge in [0.15, 0.2) is 0 Å². The molecule has 0 spiro atoms. The average molecular weight is 404 g/mol. The van der Waals surface area contributed by atoms with Crippen LogP contribution in [0.4, 0.5) is 0 Å². The maximum absolute atomic E-state index is 12.8. The first-order valence-electron chi connectivity index (χ1n) is 7.48. The van der Waals surface area contributed by atoms with Crippen LogP contribution in [-0.2, 0) is 0 Å². The van der Waals surface area contributed by atoms with Gasteiger partial charge in [0.2, 0.25) is 0 Å². The summed E-state index contributed by atoms with van der Waals surface area (Å²) in [6.07, 6.45) is 5.86. The quantitative estimate of drug-likeness (QED) is 0.780. The van der Waals surface area contributed by atoms with Crippen molar-refractivity contribution in [1.82, 2.24) is 10.2 Å². The highest BCUT2D eigenvalue weighted by atomic mass is 127. The highest BCUT2D eigenvalue weighted by molar-refractivity contribution is 14.1. The van der Waals surface area contributed by atoms with Crippen LogP contribution in [0.1, 0.15) is 49.4 Å². The number of nitrogens with one attached hydrogen (secondary N) is 1. The lowest BCUT2D eigenvalue weighted by Crippen LogP contribution is -2.50. The Hall–Kier alpha value is -0.140. The second-order valence-corrected chi connectivity index (χ2v) is 8.71. The Morgan fingerprint density at radius 3 is 2.70 bits per heavy atom. The first-order valence-corrected chi connectivity index (χ1v) is 9.44. The number of hydrogen-bond acceptors (Lipinski definition) is 3. The predicted molar refractivity (Wildman–Crippen MR) is 91.3 cm³/mol. The van der Waals surface area contributed by atoms with Crippen molar-refractivity contribution < 1.29 is 4.79 Å². The van der Waals surface area contributed by atoms with Crippen molar-refractivity contribution in [3.63, 3.8) is 0 Å². The van der Waals surface area contributed by atoms with Gasteiger partial charge in [0.1, 0.15) is 0 Å². The Bertz CT molecular complexity index is 478. The SMILES string of the molecule is CCCN(C(=O)c1csc(I)c1)C1CC2CCC(C1)N2. The summed E-state index contributed by atoms with van der Waals surface area (Å²) in [4.78, 5) is 14.9. The van der Waals surface area contributed by atoms with Gasteiger partial charge in [-0.05, 0) is 60.8 Å². The Balaban J connectivity index is 1.76. The summed E-state index contributed by atoms with van der Waals surface area (Å²) in [6.45, 7) is 3.04. The van der Waals surface area contributed by atoms with Gasteiger partial charge < -0.3 is 10.2 Å². The first-order chi connectivity index (χ1) is 9.67. The number of carbonyl (C=O) groups is 1. The molecule has 0 radical (unpaired) electrons. The maximum atomic E-state index is 12.8. The van der Waals surface area contributed by atoms with E-state index in [1.165, 1.54) is 15.7 Å². The molecule has 2 aliphatic rings. The Kier molecular flexibility index (Phi) is 4.67. The van der Waals surface area contributed by atoms with Gasteiger partial charge >= 0.3 is 0 Å². The van der Waals surface area contributed by atoms with Crippen molar-refractivity contribution in [2.75, 3.05) is 6.54 Å². The summed E-state index contributed by atoms with van der Waals surface area (Å²) in [5.74, 6) is 0.234. The molecular weight excluding hydrogens is 383 g/mol. The van der Waals surface area contributed by atoms with Crippen molar-refractivity contribution in [3.05, 3.63) is 19.9 Å². The third-order valence-corrected chi connectivity index (χ3v) is 6.22. The number of piperidine rings is 1. The van der Waals surface area contributed by atoms with E-state index < -0.39 is 0 Å². The second-order valence-electron chi connectivity index (χ2n) is 5.90. The molecule has 2 saturated heterocycles. The van der Waals surface area contributed by atoms with Crippen LogP contribution in [0.5, 0.6) is 0 Å². The minimum Gasteiger partial charge on any atom is -0.336 e. The van der Waals surface area contributed by atoms with Gasteiger partial charge in [-0.15, -0.1) is 11.3 Å². The normalized spacial score (nSPS) is 28.6. The minimum atomic E-state index is 0.234. The molecule has 5 heteroatoms. The van der Waals surface area contributed by atoms with Gasteiger partial charge in [0, 0.05) is 30.1 Å². The Labute approximate surface area is 138 Å². The second kappa shape index (κ2) is 6.32. The Morgan fingerprint density at radius 2 is 2.15 bits per heavy atom. The van der Waals surface area contributed by atoms with E-state index in [1.54, 1.807) is 11.3 Å². The van der Waals surface area contributed by atoms with E-state index >= 15 is 0 Å². The summed E-state index contributed by atoms with van der Waals surface area (Å²) in [6, 6.07) is 3.71. The molecule has 110 valence electrons. The number of nitrogens with zero attached hydrogens (tertiary/aromatic N) is 1. The first kappa shape index (κ1) is 14.8. The van der Waals surface area contributed by atoms with E-state index in [0.29, 0.717) is 18.1 Å². The molecule has 2 aliphatic heterocycles. The lowest BCUT2D eigenvalue weighted by molar-refractivity contribution is 0.0617. The highest BCUT2D eigenvalue weighted by Gasteiger charge is 2.37. The lowest BCUT2D eigenvalue weighted by atomic mass is 9.97. The van der Waals surface area contributed by atoms with Crippen LogP contribution in [0, 0.1) is 2.88 Å². The third kappa shape index (κ3) is 3.04. The van der Waals surface area contributed by atoms with E-state index in [2.05, 4.69) is 39.7 Å². The fourth-order valence-electron chi connectivity index (χ4n) is 3.56. The van der Waals surface area contributed by atoms with Crippen LogP contribution in [-0.4, -0.2) is 35.5 Å². The topological polar surface area (TPSA) is 32.3 Å². The molecule has 1 aromatic rings. The molecule has 2 fully saturated rings. The van der Waals surface area contributed by atoms with E-state index in [9.17, 15) is 4.79 Å². The van der Waals surface area contributed by atoms with Crippen LogP contribution >= 0.6 is 33.9 Å². The molecule has 0 aliphatic carbocycles. The number of rotatable bonds is 4. The summed E-state index contributed by atoms with van der Waals surface area (Å²) in [5.41, 5.74) is 0.874. The van der Waals surface area contributed by atoms with Crippen molar-refractivity contribution in [3.8, 4) is 0 Å². The molecule has 20 heavy (non-hydrogen) atoms. The van der Waals surface area contributed by atoms with Crippen molar-refractivity contribution in [2.45, 2.75) is 57.2 Å². The number of hydrogen-bond donors (Lipinski definition) is 1. The average Bonchev–Trinajstić information content (AvgIpc) is 3.01. The van der Waals surface area contributed by atoms with Crippen molar-refractivity contribution in [1.29, 1.82) is 0 Å². The molecule has 1 N–H and O–H groups in total. The van der Waals surface area contributed by atoms with E-state index in [1.807, 2.05) is 11.4 Å². The molecule has 2 atom stereocenters.